The van der Waals surface area contributed by atoms with E-state index in [2.05, 4.69) is 10.1 Å². The van der Waals surface area contributed by atoms with E-state index < -0.39 is 28.3 Å². The van der Waals surface area contributed by atoms with E-state index >= 15 is 0 Å². The van der Waals surface area contributed by atoms with Crippen LogP contribution < -0.4 is 10.1 Å². The first-order valence-corrected chi connectivity index (χ1v) is 10.2. The summed E-state index contributed by atoms with van der Waals surface area (Å²) in [6.45, 7) is 0.850. The summed E-state index contributed by atoms with van der Waals surface area (Å²) in [4.78, 5) is 27.4. The van der Waals surface area contributed by atoms with E-state index in [1.165, 1.54) is 0 Å². The first-order chi connectivity index (χ1) is 12.3. The first-order valence-electron chi connectivity index (χ1n) is 8.35. The highest BCUT2D eigenvalue weighted by atomic mass is 32.2. The number of hydrogen-bond acceptors (Lipinski definition) is 6. The fourth-order valence-electron chi connectivity index (χ4n) is 2.98. The number of sulfonamides is 1. The summed E-state index contributed by atoms with van der Waals surface area (Å²) >= 11 is 0. The van der Waals surface area contributed by atoms with Crippen molar-refractivity contribution in [3.8, 4) is 0 Å². The third-order valence-electron chi connectivity index (χ3n) is 4.19. The van der Waals surface area contributed by atoms with Gasteiger partial charge in [0.25, 0.3) is 0 Å². The average Bonchev–Trinajstić information content (AvgIpc) is 3.04. The van der Waals surface area contributed by atoms with Crippen LogP contribution in [0.4, 0.5) is 0 Å². The van der Waals surface area contributed by atoms with Crippen LogP contribution in [0.1, 0.15) is 23.4 Å². The molecule has 3 rings (SSSR count). The van der Waals surface area contributed by atoms with E-state index in [-0.39, 0.29) is 11.7 Å². The molecule has 2 N–H and O–H groups in total. The van der Waals surface area contributed by atoms with Crippen LogP contribution >= 0.6 is 0 Å². The van der Waals surface area contributed by atoms with Gasteiger partial charge in [0.2, 0.25) is 21.7 Å². The number of para-hydroxylation sites is 1. The Kier molecular flexibility index (Phi) is 5.40. The van der Waals surface area contributed by atoms with Crippen molar-refractivity contribution in [2.45, 2.75) is 12.8 Å². The van der Waals surface area contributed by atoms with Gasteiger partial charge in [0.1, 0.15) is 12.1 Å². The zero-order chi connectivity index (χ0) is 18.7. The van der Waals surface area contributed by atoms with Crippen molar-refractivity contribution in [2.75, 3.05) is 25.9 Å². The molecule has 8 nitrogen and oxygen atoms in total. The van der Waals surface area contributed by atoms with Gasteiger partial charge in [-0.05, 0) is 31.5 Å². The lowest BCUT2D eigenvalue weighted by Crippen LogP contribution is -2.52. The largest absolute Gasteiger partial charge is 0.453 e. The zero-order valence-electron chi connectivity index (χ0n) is 14.4. The van der Waals surface area contributed by atoms with Crippen molar-refractivity contribution >= 4 is 32.7 Å². The van der Waals surface area contributed by atoms with E-state index in [1.807, 2.05) is 6.07 Å². The maximum absolute atomic E-state index is 12.7. The number of nitrogens with zero attached hydrogens (tertiary/aromatic N) is 1. The van der Waals surface area contributed by atoms with Crippen molar-refractivity contribution < 1.29 is 22.4 Å². The number of amides is 1. The molecule has 140 valence electrons. The van der Waals surface area contributed by atoms with Crippen LogP contribution in [0, 0.1) is 5.92 Å². The number of piperidine rings is 1. The minimum absolute atomic E-state index is 0.0843. The highest BCUT2D eigenvalue weighted by molar-refractivity contribution is 7.88. The molecule has 0 radical (unpaired) electrons. The van der Waals surface area contributed by atoms with Crippen molar-refractivity contribution in [1.82, 2.24) is 15.2 Å². The molecule has 1 aromatic heterocycles. The summed E-state index contributed by atoms with van der Waals surface area (Å²) in [5.74, 6) is -1.19. The molecular formula is C17H21N3O5S. The Balaban J connectivity index is 1.79. The van der Waals surface area contributed by atoms with Crippen molar-refractivity contribution in [2.24, 2.45) is 5.92 Å². The second-order valence-corrected chi connectivity index (χ2v) is 8.13. The summed E-state index contributed by atoms with van der Waals surface area (Å²) in [7, 11) is -3.71. The van der Waals surface area contributed by atoms with E-state index in [1.54, 1.807) is 24.3 Å². The fraction of sp³-hybridized carbons (Fsp3) is 0.412. The lowest BCUT2D eigenvalue weighted by molar-refractivity contribution is -0.137. The monoisotopic (exact) mass is 379 g/mol. The summed E-state index contributed by atoms with van der Waals surface area (Å²) < 4.78 is 28.8. The standard InChI is InChI=1S/C17H21N3O5S/c1-26(23,24)19-20(17(22)13-6-4-8-18-10-13)11-14(21)16-9-12-5-2-3-7-15(12)25-16/h2-3,5,7,9,13,18-19H,4,6,8,10-11H2,1H3. The van der Waals surface area contributed by atoms with Gasteiger partial charge in [0.05, 0.1) is 12.2 Å². The topological polar surface area (TPSA) is 109 Å². The smallest absolute Gasteiger partial charge is 0.242 e. The minimum atomic E-state index is -3.71. The number of nitrogens with one attached hydrogen (secondary N) is 2. The number of furan rings is 1. The Morgan fingerprint density at radius 2 is 2.12 bits per heavy atom. The number of carbonyl (C=O) groups excluding carboxylic acids is 2. The SMILES string of the molecule is CS(=O)(=O)NN(CC(=O)c1cc2ccccc2o1)C(=O)C1CCCNC1. The Morgan fingerprint density at radius 3 is 2.77 bits per heavy atom. The van der Waals surface area contributed by atoms with Crippen molar-refractivity contribution in [3.05, 3.63) is 36.1 Å². The lowest BCUT2D eigenvalue weighted by Gasteiger charge is -2.28. The highest BCUT2D eigenvalue weighted by Gasteiger charge is 2.30. The Morgan fingerprint density at radius 1 is 1.35 bits per heavy atom. The van der Waals surface area contributed by atoms with E-state index in [0.717, 1.165) is 29.6 Å². The Hall–Kier alpha value is -2.23. The van der Waals surface area contributed by atoms with Gasteiger partial charge in [-0.3, -0.25) is 14.6 Å². The molecule has 1 fully saturated rings. The maximum Gasteiger partial charge on any atom is 0.242 e. The number of rotatable bonds is 6. The van der Waals surface area contributed by atoms with Crippen molar-refractivity contribution in [1.29, 1.82) is 0 Å². The number of Topliss-reactive ketones (excluding diaryl/α,β-unsaturated/α-hetero) is 1. The highest BCUT2D eigenvalue weighted by Crippen LogP contribution is 2.20. The molecule has 2 heterocycles. The van der Waals surface area contributed by atoms with Crippen LogP contribution in [0.25, 0.3) is 11.0 Å². The van der Waals surface area contributed by atoms with Crippen LogP contribution in [0.2, 0.25) is 0 Å². The number of fused-ring (bicyclic) bond motifs is 1. The quantitative estimate of drug-likeness (QED) is 0.570. The Labute approximate surface area is 151 Å². The average molecular weight is 379 g/mol. The molecule has 2 aromatic rings. The van der Waals surface area contributed by atoms with Gasteiger partial charge in [-0.15, -0.1) is 4.83 Å². The number of hydrogen-bond donors (Lipinski definition) is 2. The predicted octanol–water partition coefficient (Wildman–Crippen LogP) is 0.908. The molecule has 1 unspecified atom stereocenters. The summed E-state index contributed by atoms with van der Waals surface area (Å²) in [5.41, 5.74) is 0.557. The van der Waals surface area contributed by atoms with Crippen LogP contribution in [-0.2, 0) is 14.8 Å². The normalized spacial score (nSPS) is 18.0. The van der Waals surface area contributed by atoms with Crippen LogP contribution in [0.5, 0.6) is 0 Å². The third-order valence-corrected chi connectivity index (χ3v) is 4.74. The van der Waals surface area contributed by atoms with Crippen LogP contribution in [0.15, 0.2) is 34.7 Å². The van der Waals surface area contributed by atoms with Gasteiger partial charge in [0, 0.05) is 11.9 Å². The van der Waals surface area contributed by atoms with E-state index in [4.69, 9.17) is 4.42 Å². The summed E-state index contributed by atoms with van der Waals surface area (Å²) in [5, 5.41) is 4.75. The molecule has 1 saturated heterocycles. The molecule has 1 atom stereocenters. The first kappa shape index (κ1) is 18.6. The van der Waals surface area contributed by atoms with Gasteiger partial charge in [-0.25, -0.2) is 8.42 Å². The van der Waals surface area contributed by atoms with Crippen molar-refractivity contribution in [3.63, 3.8) is 0 Å². The Bertz CT molecular complexity index is 882. The second-order valence-electron chi connectivity index (χ2n) is 6.40. The molecule has 1 aliphatic heterocycles. The number of hydrazine groups is 1. The molecule has 1 amide bonds. The lowest BCUT2D eigenvalue weighted by atomic mass is 9.98. The van der Waals surface area contributed by atoms with Gasteiger partial charge < -0.3 is 9.73 Å². The predicted molar refractivity (Wildman–Crippen MR) is 95.8 cm³/mol. The minimum Gasteiger partial charge on any atom is -0.453 e. The van der Waals surface area contributed by atoms with Crippen LogP contribution in [0.3, 0.4) is 0 Å². The maximum atomic E-state index is 12.7. The molecule has 0 aliphatic carbocycles. The number of carbonyl (C=O) groups is 2. The summed E-state index contributed by atoms with van der Waals surface area (Å²) in [6.07, 6.45) is 2.41. The number of ketones is 1. The third kappa shape index (κ3) is 4.48. The molecule has 1 aromatic carbocycles. The van der Waals surface area contributed by atoms with Crippen LogP contribution in [-0.4, -0.2) is 51.0 Å². The molecule has 0 bridgehead atoms. The van der Waals surface area contributed by atoms with Gasteiger partial charge in [-0.2, -0.15) is 0 Å². The van der Waals surface area contributed by atoms with Gasteiger partial charge >= 0.3 is 0 Å². The zero-order valence-corrected chi connectivity index (χ0v) is 15.2. The number of benzene rings is 1. The fourth-order valence-corrected chi connectivity index (χ4v) is 3.53. The van der Waals surface area contributed by atoms with Gasteiger partial charge in [-0.1, -0.05) is 18.2 Å². The molecule has 0 saturated carbocycles. The molecule has 9 heteroatoms. The van der Waals surface area contributed by atoms with E-state index in [0.29, 0.717) is 18.5 Å². The molecule has 26 heavy (non-hydrogen) atoms. The van der Waals surface area contributed by atoms with E-state index in [9.17, 15) is 18.0 Å². The second kappa shape index (κ2) is 7.56. The molecule has 1 aliphatic rings. The molecule has 0 spiro atoms. The van der Waals surface area contributed by atoms with Gasteiger partial charge in [0.15, 0.2) is 5.76 Å². The molecular weight excluding hydrogens is 358 g/mol. The summed E-state index contributed by atoms with van der Waals surface area (Å²) in [6, 6.07) is 8.74.